The minimum atomic E-state index is -3.55. The van der Waals surface area contributed by atoms with E-state index in [4.69, 9.17) is 0 Å². The molecule has 0 saturated heterocycles. The van der Waals surface area contributed by atoms with Crippen LogP contribution in [0.4, 0.5) is 5.82 Å². The van der Waals surface area contributed by atoms with Crippen LogP contribution in [0.25, 0.3) is 0 Å². The fourth-order valence-corrected chi connectivity index (χ4v) is 2.59. The Morgan fingerprint density at radius 1 is 1.45 bits per heavy atom. The first-order valence-corrected chi connectivity index (χ1v) is 8.43. The molecule has 1 amide bonds. The second-order valence-corrected chi connectivity index (χ2v) is 6.50. The average molecular weight is 302 g/mol. The van der Waals surface area contributed by atoms with Crippen LogP contribution < -0.4 is 9.62 Å². The van der Waals surface area contributed by atoms with Crippen molar-refractivity contribution in [3.63, 3.8) is 0 Å². The molecule has 20 heavy (non-hydrogen) atoms. The predicted molar refractivity (Wildman–Crippen MR) is 78.1 cm³/mol. The van der Waals surface area contributed by atoms with Crippen molar-refractivity contribution >= 4 is 21.7 Å². The quantitative estimate of drug-likeness (QED) is 0.795. The molecule has 0 aliphatic heterocycles. The number of hydrogen-bond acceptors (Lipinski definition) is 4. The van der Waals surface area contributed by atoms with Crippen LogP contribution in [0.15, 0.2) is 6.07 Å². The molecule has 1 heterocycles. The Balaban J connectivity index is 3.06. The molecular formula is C12H22N4O3S. The number of sulfonamides is 1. The van der Waals surface area contributed by atoms with Gasteiger partial charge in [-0.25, -0.2) is 12.7 Å². The third-order valence-electron chi connectivity index (χ3n) is 2.72. The van der Waals surface area contributed by atoms with Crippen LogP contribution in [-0.4, -0.2) is 43.5 Å². The normalized spacial score (nSPS) is 11.4. The van der Waals surface area contributed by atoms with Gasteiger partial charge in [0.2, 0.25) is 15.9 Å². The second-order valence-electron chi connectivity index (χ2n) is 4.59. The van der Waals surface area contributed by atoms with Crippen molar-refractivity contribution in [1.82, 2.24) is 15.1 Å². The highest BCUT2D eigenvalue weighted by atomic mass is 32.2. The van der Waals surface area contributed by atoms with E-state index in [-0.39, 0.29) is 18.3 Å². The van der Waals surface area contributed by atoms with E-state index in [9.17, 15) is 13.2 Å². The van der Waals surface area contributed by atoms with Crippen molar-refractivity contribution < 1.29 is 13.2 Å². The number of nitrogens with one attached hydrogen (secondary N) is 1. The molecule has 0 aromatic carbocycles. The molecule has 8 heteroatoms. The molecule has 0 fully saturated rings. The van der Waals surface area contributed by atoms with Crippen molar-refractivity contribution in [2.75, 3.05) is 23.7 Å². The number of aryl methyl sites for hydroxylation is 2. The van der Waals surface area contributed by atoms with Crippen LogP contribution in [-0.2, 0) is 21.4 Å². The van der Waals surface area contributed by atoms with Crippen LogP contribution in [0, 0.1) is 6.92 Å². The van der Waals surface area contributed by atoms with Crippen molar-refractivity contribution in [3.05, 3.63) is 11.8 Å². The van der Waals surface area contributed by atoms with Gasteiger partial charge in [-0.3, -0.25) is 9.48 Å². The Kier molecular flexibility index (Phi) is 5.55. The van der Waals surface area contributed by atoms with E-state index >= 15 is 0 Å². The van der Waals surface area contributed by atoms with E-state index in [1.165, 1.54) is 0 Å². The minimum Gasteiger partial charge on any atom is -0.355 e. The molecule has 1 aromatic heterocycles. The summed E-state index contributed by atoms with van der Waals surface area (Å²) in [4.78, 5) is 11.6. The van der Waals surface area contributed by atoms with Crippen LogP contribution in [0.3, 0.4) is 0 Å². The standard InChI is InChI=1S/C12H22N4O3S/c1-5-7-15-10(3)8-11(14-15)16(20(4,18)19)9-12(17)13-6-2/h8H,5-7,9H2,1-4H3,(H,13,17). The number of aromatic nitrogens is 2. The highest BCUT2D eigenvalue weighted by Crippen LogP contribution is 2.17. The summed E-state index contributed by atoms with van der Waals surface area (Å²) in [5, 5.41) is 6.85. The topological polar surface area (TPSA) is 84.3 Å². The lowest BCUT2D eigenvalue weighted by Gasteiger charge is -2.18. The molecular weight excluding hydrogens is 280 g/mol. The van der Waals surface area contributed by atoms with Crippen LogP contribution >= 0.6 is 0 Å². The summed E-state index contributed by atoms with van der Waals surface area (Å²) >= 11 is 0. The minimum absolute atomic E-state index is 0.255. The molecule has 0 bridgehead atoms. The van der Waals surface area contributed by atoms with Gasteiger partial charge in [0.1, 0.15) is 6.54 Å². The molecule has 7 nitrogen and oxygen atoms in total. The smallest absolute Gasteiger partial charge is 0.240 e. The average Bonchev–Trinajstić information content (AvgIpc) is 2.67. The van der Waals surface area contributed by atoms with E-state index in [2.05, 4.69) is 10.4 Å². The summed E-state index contributed by atoms with van der Waals surface area (Å²) in [5.41, 5.74) is 0.867. The highest BCUT2D eigenvalue weighted by molar-refractivity contribution is 7.92. The molecule has 0 unspecified atom stereocenters. The van der Waals surface area contributed by atoms with Gasteiger partial charge in [-0.2, -0.15) is 5.10 Å². The van der Waals surface area contributed by atoms with Gasteiger partial charge in [0.15, 0.2) is 5.82 Å². The van der Waals surface area contributed by atoms with Crippen LogP contribution in [0.5, 0.6) is 0 Å². The maximum Gasteiger partial charge on any atom is 0.240 e. The molecule has 0 aliphatic carbocycles. The van der Waals surface area contributed by atoms with E-state index in [1.807, 2.05) is 13.8 Å². The van der Waals surface area contributed by atoms with Crippen molar-refractivity contribution in [3.8, 4) is 0 Å². The fourth-order valence-electron chi connectivity index (χ4n) is 1.80. The maximum atomic E-state index is 11.8. The lowest BCUT2D eigenvalue weighted by atomic mass is 10.4. The van der Waals surface area contributed by atoms with Gasteiger partial charge in [-0.05, 0) is 20.3 Å². The van der Waals surface area contributed by atoms with Gasteiger partial charge >= 0.3 is 0 Å². The first-order chi connectivity index (χ1) is 9.29. The molecule has 0 radical (unpaired) electrons. The highest BCUT2D eigenvalue weighted by Gasteiger charge is 2.23. The predicted octanol–water partition coefficient (Wildman–Crippen LogP) is 0.504. The Hall–Kier alpha value is -1.57. The maximum absolute atomic E-state index is 11.8. The van der Waals surface area contributed by atoms with Gasteiger partial charge in [0.05, 0.1) is 6.26 Å². The molecule has 0 spiro atoms. The van der Waals surface area contributed by atoms with E-state index in [0.29, 0.717) is 13.1 Å². The largest absolute Gasteiger partial charge is 0.355 e. The van der Waals surface area contributed by atoms with Crippen molar-refractivity contribution in [1.29, 1.82) is 0 Å². The van der Waals surface area contributed by atoms with E-state index in [1.54, 1.807) is 17.7 Å². The SMILES string of the molecule is CCCn1nc(N(CC(=O)NCC)S(C)(=O)=O)cc1C. The zero-order chi connectivity index (χ0) is 15.3. The number of anilines is 1. The van der Waals surface area contributed by atoms with E-state index < -0.39 is 10.0 Å². The number of rotatable bonds is 7. The monoisotopic (exact) mass is 302 g/mol. The van der Waals surface area contributed by atoms with Crippen molar-refractivity contribution in [2.45, 2.75) is 33.7 Å². The number of nitrogens with zero attached hydrogens (tertiary/aromatic N) is 3. The summed E-state index contributed by atoms with van der Waals surface area (Å²) in [6.07, 6.45) is 1.97. The zero-order valence-electron chi connectivity index (χ0n) is 12.4. The molecule has 0 aliphatic rings. The number of amides is 1. The third kappa shape index (κ3) is 4.22. The Morgan fingerprint density at radius 3 is 2.60 bits per heavy atom. The van der Waals surface area contributed by atoms with Crippen molar-refractivity contribution in [2.24, 2.45) is 0 Å². The second kappa shape index (κ2) is 6.74. The molecule has 1 rings (SSSR count). The first kappa shape index (κ1) is 16.5. The van der Waals surface area contributed by atoms with Crippen LogP contribution in [0.1, 0.15) is 26.0 Å². The molecule has 0 saturated carbocycles. The Morgan fingerprint density at radius 2 is 2.10 bits per heavy atom. The summed E-state index contributed by atoms with van der Waals surface area (Å²) in [5.74, 6) is -0.0645. The zero-order valence-corrected chi connectivity index (χ0v) is 13.2. The number of carbonyl (C=O) groups excluding carboxylic acids is 1. The third-order valence-corrected chi connectivity index (χ3v) is 3.84. The number of hydrogen-bond donors (Lipinski definition) is 1. The van der Waals surface area contributed by atoms with Gasteiger partial charge in [0, 0.05) is 24.8 Å². The first-order valence-electron chi connectivity index (χ1n) is 6.58. The number of carbonyl (C=O) groups is 1. The molecule has 1 aromatic rings. The Labute approximate surface area is 120 Å². The lowest BCUT2D eigenvalue weighted by molar-refractivity contribution is -0.119. The Bertz CT molecular complexity index is 565. The summed E-state index contributed by atoms with van der Waals surface area (Å²) < 4.78 is 26.5. The lowest BCUT2D eigenvalue weighted by Crippen LogP contribution is -2.40. The number of likely N-dealkylation sites (N-methyl/N-ethyl adjacent to an activating group) is 1. The molecule has 1 N–H and O–H groups in total. The fraction of sp³-hybridized carbons (Fsp3) is 0.667. The van der Waals surface area contributed by atoms with E-state index in [0.717, 1.165) is 22.7 Å². The summed E-state index contributed by atoms with van der Waals surface area (Å²) in [6.45, 7) is 6.57. The van der Waals surface area contributed by atoms with Gasteiger partial charge < -0.3 is 5.32 Å². The van der Waals surface area contributed by atoms with Crippen LogP contribution in [0.2, 0.25) is 0 Å². The summed E-state index contributed by atoms with van der Waals surface area (Å²) in [7, 11) is -3.55. The summed E-state index contributed by atoms with van der Waals surface area (Å²) in [6, 6.07) is 1.68. The van der Waals surface area contributed by atoms with Gasteiger partial charge in [-0.15, -0.1) is 0 Å². The molecule has 0 atom stereocenters. The molecule has 114 valence electrons. The van der Waals surface area contributed by atoms with Gasteiger partial charge in [0.25, 0.3) is 0 Å². The van der Waals surface area contributed by atoms with Gasteiger partial charge in [-0.1, -0.05) is 6.92 Å².